The van der Waals surface area contributed by atoms with Gasteiger partial charge >= 0.3 is 12.1 Å². The van der Waals surface area contributed by atoms with Crippen molar-refractivity contribution < 1.29 is 23.9 Å². The van der Waals surface area contributed by atoms with E-state index in [1.807, 2.05) is 0 Å². The van der Waals surface area contributed by atoms with Gasteiger partial charge in [-0.2, -0.15) is 0 Å². The molecular weight excluding hydrogens is 352 g/mol. The van der Waals surface area contributed by atoms with E-state index in [0.717, 1.165) is 12.0 Å². The number of hydrogen-bond acceptors (Lipinski definition) is 8. The molecule has 0 aliphatic heterocycles. The maximum atomic E-state index is 12.6. The van der Waals surface area contributed by atoms with Crippen LogP contribution in [0, 0.1) is 5.41 Å². The Morgan fingerprint density at radius 2 is 1.78 bits per heavy atom. The Labute approximate surface area is 155 Å². The van der Waals surface area contributed by atoms with Gasteiger partial charge in [0.2, 0.25) is 5.91 Å². The third-order valence-corrected chi connectivity index (χ3v) is 3.57. The van der Waals surface area contributed by atoms with E-state index in [9.17, 15) is 14.4 Å². The molecule has 0 aliphatic rings. The molecule has 0 radical (unpaired) electrons. The minimum atomic E-state index is -1.55. The van der Waals surface area contributed by atoms with Crippen LogP contribution >= 0.6 is 0 Å². The van der Waals surface area contributed by atoms with Crippen LogP contribution in [0.15, 0.2) is 54.9 Å². The average Bonchev–Trinajstić information content (AvgIpc) is 2.71. The Balaban J connectivity index is 2.54. The minimum absolute atomic E-state index is 0.267. The molecule has 0 unspecified atom stereocenters. The number of pyridine rings is 1. The lowest BCUT2D eigenvalue weighted by atomic mass is 10.0. The fourth-order valence-electron chi connectivity index (χ4n) is 2.35. The predicted molar refractivity (Wildman–Crippen MR) is 96.3 cm³/mol. The number of nitrogens with zero attached hydrogens (tertiary/aromatic N) is 2. The quantitative estimate of drug-likeness (QED) is 0.442. The summed E-state index contributed by atoms with van der Waals surface area (Å²) < 4.78 is 8.95. The van der Waals surface area contributed by atoms with Gasteiger partial charge < -0.3 is 20.6 Å². The number of carbonyl (C=O) groups excluding carboxylic acids is 3. The van der Waals surface area contributed by atoms with Gasteiger partial charge in [-0.3, -0.25) is 14.7 Å². The van der Waals surface area contributed by atoms with Crippen molar-refractivity contribution >= 4 is 29.4 Å². The van der Waals surface area contributed by atoms with Crippen LogP contribution in [0.3, 0.4) is 0 Å². The largest absolute Gasteiger partial charge is 0.515 e. The Morgan fingerprint density at radius 1 is 1.15 bits per heavy atom. The van der Waals surface area contributed by atoms with Gasteiger partial charge in [0.05, 0.1) is 19.4 Å². The van der Waals surface area contributed by atoms with E-state index in [-0.39, 0.29) is 5.71 Å². The zero-order chi connectivity index (χ0) is 19.8. The van der Waals surface area contributed by atoms with E-state index in [1.165, 1.54) is 24.5 Å². The number of carbonyl (C=O) groups is 3. The molecule has 140 valence electrons. The highest BCUT2D eigenvalue weighted by Crippen LogP contribution is 2.21. The van der Waals surface area contributed by atoms with E-state index >= 15 is 0 Å². The number of nitrogens with one attached hydrogen (secondary N) is 1. The second kappa shape index (κ2) is 9.20. The number of benzene rings is 1. The minimum Gasteiger partial charge on any atom is -0.437 e. The van der Waals surface area contributed by atoms with Crippen molar-refractivity contribution in [1.29, 1.82) is 5.41 Å². The smallest absolute Gasteiger partial charge is 0.437 e. The molecule has 0 bridgehead atoms. The van der Waals surface area contributed by atoms with Gasteiger partial charge in [0.25, 0.3) is 0 Å². The second-order valence-corrected chi connectivity index (χ2v) is 5.23. The Hall–Kier alpha value is -3.59. The normalized spacial score (nSPS) is 11.2. The summed E-state index contributed by atoms with van der Waals surface area (Å²) in [7, 11) is 1.04. The highest BCUT2D eigenvalue weighted by atomic mass is 16.7. The predicted octanol–water partition coefficient (Wildman–Crippen LogP) is 1.12. The van der Waals surface area contributed by atoms with Crippen molar-refractivity contribution in [3.05, 3.63) is 60.4 Å². The van der Waals surface area contributed by atoms with E-state index in [0.29, 0.717) is 11.3 Å². The number of aromatic nitrogens is 1. The first-order valence-electron chi connectivity index (χ1n) is 7.85. The van der Waals surface area contributed by atoms with Gasteiger partial charge in [-0.25, -0.2) is 9.59 Å². The van der Waals surface area contributed by atoms with Gasteiger partial charge in [-0.05, 0) is 24.3 Å². The Morgan fingerprint density at radius 3 is 2.33 bits per heavy atom. The summed E-state index contributed by atoms with van der Waals surface area (Å²) in [6.45, 7) is -0.416. The molecule has 1 aromatic heterocycles. The SMILES string of the molecule is COC(=O)OC(=O)[C@H](C(=N)c1ccncc1)N(C(=O)CN)c1ccccc1. The van der Waals surface area contributed by atoms with Crippen molar-refractivity contribution in [2.24, 2.45) is 5.73 Å². The van der Waals surface area contributed by atoms with Crippen LogP contribution in [0.4, 0.5) is 10.5 Å². The van der Waals surface area contributed by atoms with Crippen LogP contribution in [-0.4, -0.2) is 48.4 Å². The third-order valence-electron chi connectivity index (χ3n) is 3.57. The summed E-state index contributed by atoms with van der Waals surface area (Å²) in [5.74, 6) is -1.78. The standard InChI is InChI=1S/C18H18N4O5/c1-26-18(25)27-17(24)16(15(20)12-7-9-21-10-8-12)22(14(23)11-19)13-5-3-2-4-6-13/h2-10,16,20H,11,19H2,1H3/t16-/m0/s1. The molecule has 1 aromatic carbocycles. The number of methoxy groups -OCH3 is 1. The molecule has 0 saturated carbocycles. The maximum absolute atomic E-state index is 12.6. The van der Waals surface area contributed by atoms with Crippen LogP contribution in [0.2, 0.25) is 0 Å². The third kappa shape index (κ3) is 4.73. The highest BCUT2D eigenvalue weighted by Gasteiger charge is 2.37. The zero-order valence-corrected chi connectivity index (χ0v) is 14.5. The van der Waals surface area contributed by atoms with Crippen LogP contribution in [0.25, 0.3) is 0 Å². The lowest BCUT2D eigenvalue weighted by Crippen LogP contribution is -2.53. The molecule has 2 rings (SSSR count). The van der Waals surface area contributed by atoms with Crippen molar-refractivity contribution in [1.82, 2.24) is 4.98 Å². The van der Waals surface area contributed by atoms with Crippen molar-refractivity contribution in [3.8, 4) is 0 Å². The second-order valence-electron chi connectivity index (χ2n) is 5.23. The number of ether oxygens (including phenoxy) is 2. The summed E-state index contributed by atoms with van der Waals surface area (Å²) in [6, 6.07) is 9.64. The average molecular weight is 370 g/mol. The van der Waals surface area contributed by atoms with Crippen molar-refractivity contribution in [2.45, 2.75) is 6.04 Å². The summed E-state index contributed by atoms with van der Waals surface area (Å²) in [6.07, 6.45) is 1.62. The topological polar surface area (TPSA) is 136 Å². The molecule has 3 N–H and O–H groups in total. The summed E-state index contributed by atoms with van der Waals surface area (Å²) in [5.41, 5.74) is 5.87. The van der Waals surface area contributed by atoms with Gasteiger partial charge in [-0.15, -0.1) is 0 Å². The molecule has 0 spiro atoms. The van der Waals surface area contributed by atoms with Gasteiger partial charge in [0.1, 0.15) is 0 Å². The molecule has 1 atom stereocenters. The number of nitrogens with two attached hydrogens (primary N) is 1. The molecule has 1 amide bonds. The van der Waals surface area contributed by atoms with Crippen LogP contribution in [-0.2, 0) is 19.1 Å². The van der Waals surface area contributed by atoms with E-state index in [1.54, 1.807) is 30.3 Å². The van der Waals surface area contributed by atoms with E-state index in [2.05, 4.69) is 14.5 Å². The number of hydrogen-bond donors (Lipinski definition) is 2. The first kappa shape index (κ1) is 19.7. The molecular formula is C18H18N4O5. The van der Waals surface area contributed by atoms with Gasteiger partial charge in [0, 0.05) is 23.6 Å². The summed E-state index contributed by atoms with van der Waals surface area (Å²) >= 11 is 0. The first-order valence-corrected chi connectivity index (χ1v) is 7.85. The summed E-state index contributed by atoms with van der Waals surface area (Å²) in [4.78, 5) is 41.5. The fraction of sp³-hybridized carbons (Fsp3) is 0.167. The molecule has 1 heterocycles. The maximum Gasteiger partial charge on any atom is 0.515 e. The molecule has 2 aromatic rings. The monoisotopic (exact) mass is 370 g/mol. The van der Waals surface area contributed by atoms with Crippen LogP contribution in [0.5, 0.6) is 0 Å². The number of anilines is 1. The van der Waals surface area contributed by atoms with Gasteiger partial charge in [-0.1, -0.05) is 18.2 Å². The van der Waals surface area contributed by atoms with Crippen LogP contribution < -0.4 is 10.6 Å². The lowest BCUT2D eigenvalue weighted by Gasteiger charge is -2.30. The summed E-state index contributed by atoms with van der Waals surface area (Å²) in [5, 5.41) is 8.45. The number of para-hydroxylation sites is 1. The highest BCUT2D eigenvalue weighted by molar-refractivity contribution is 6.20. The number of rotatable bonds is 6. The van der Waals surface area contributed by atoms with Gasteiger partial charge in [0.15, 0.2) is 6.04 Å². The van der Waals surface area contributed by atoms with E-state index < -0.39 is 30.6 Å². The van der Waals surface area contributed by atoms with Crippen LogP contribution in [0.1, 0.15) is 5.56 Å². The first-order chi connectivity index (χ1) is 13.0. The van der Waals surface area contributed by atoms with E-state index in [4.69, 9.17) is 11.1 Å². The molecule has 0 fully saturated rings. The number of amides is 1. The molecule has 9 heteroatoms. The lowest BCUT2D eigenvalue weighted by molar-refractivity contribution is -0.140. The molecule has 0 aliphatic carbocycles. The molecule has 9 nitrogen and oxygen atoms in total. The molecule has 27 heavy (non-hydrogen) atoms. The fourth-order valence-corrected chi connectivity index (χ4v) is 2.35. The number of esters is 1. The Bertz CT molecular complexity index is 826. The zero-order valence-electron chi connectivity index (χ0n) is 14.5. The molecule has 0 saturated heterocycles. The van der Waals surface area contributed by atoms with Crippen molar-refractivity contribution in [2.75, 3.05) is 18.6 Å². The van der Waals surface area contributed by atoms with Crippen molar-refractivity contribution in [3.63, 3.8) is 0 Å². The Kier molecular flexibility index (Phi) is 6.73.